The van der Waals surface area contributed by atoms with E-state index in [0.29, 0.717) is 42.5 Å². The van der Waals surface area contributed by atoms with E-state index in [4.69, 9.17) is 9.47 Å². The zero-order chi connectivity index (χ0) is 33.0. The molecular formula is C35H42N4O6. The zero-order valence-electron chi connectivity index (χ0n) is 27.4. The van der Waals surface area contributed by atoms with Gasteiger partial charge in [0.1, 0.15) is 0 Å². The van der Waals surface area contributed by atoms with Gasteiger partial charge in [0.25, 0.3) is 11.8 Å². The van der Waals surface area contributed by atoms with Gasteiger partial charge in [0.05, 0.1) is 19.9 Å². The molecule has 3 N–H and O–H groups in total. The smallest absolute Gasteiger partial charge is 0.305 e. The largest absolute Gasteiger partial charge is 0.469 e. The fourth-order valence-corrected chi connectivity index (χ4v) is 5.98. The molecule has 0 aliphatic carbocycles. The molecule has 238 valence electrons. The summed E-state index contributed by atoms with van der Waals surface area (Å²) >= 11 is 0. The first-order valence-corrected chi connectivity index (χ1v) is 15.3. The normalized spacial score (nSPS) is 16.8. The van der Waals surface area contributed by atoms with Gasteiger partial charge in [-0.1, -0.05) is 13.8 Å². The summed E-state index contributed by atoms with van der Waals surface area (Å²) in [5, 5.41) is 4.54. The number of nitrogens with one attached hydrogen (secondary N) is 3. The molecule has 0 aromatic carbocycles. The summed E-state index contributed by atoms with van der Waals surface area (Å²) in [7, 11) is 2.74. The van der Waals surface area contributed by atoms with Crippen molar-refractivity contribution in [2.45, 2.75) is 80.1 Å². The Labute approximate surface area is 263 Å². The molecule has 2 aromatic rings. The number of rotatable bonds is 11. The van der Waals surface area contributed by atoms with Gasteiger partial charge in [-0.25, -0.2) is 4.99 Å². The Morgan fingerprint density at radius 1 is 0.733 bits per heavy atom. The van der Waals surface area contributed by atoms with E-state index in [9.17, 15) is 19.2 Å². The maximum absolute atomic E-state index is 12.4. The van der Waals surface area contributed by atoms with Gasteiger partial charge < -0.3 is 24.8 Å². The lowest BCUT2D eigenvalue weighted by molar-refractivity contribution is -0.141. The third-order valence-electron chi connectivity index (χ3n) is 8.75. The number of esters is 2. The average molecular weight is 615 g/mol. The van der Waals surface area contributed by atoms with Crippen molar-refractivity contribution >= 4 is 47.7 Å². The second kappa shape index (κ2) is 13.9. The number of carbonyl (C=O) groups is 4. The Morgan fingerprint density at radius 3 is 1.96 bits per heavy atom. The van der Waals surface area contributed by atoms with Crippen LogP contribution >= 0.6 is 0 Å². The first kappa shape index (κ1) is 33.2. The highest BCUT2D eigenvalue weighted by Gasteiger charge is 2.24. The monoisotopic (exact) mass is 614 g/mol. The van der Waals surface area contributed by atoms with E-state index in [1.165, 1.54) is 14.2 Å². The molecule has 4 heterocycles. The number of allylic oxidation sites excluding steroid dienone is 2. The number of amides is 2. The maximum atomic E-state index is 12.4. The van der Waals surface area contributed by atoms with Crippen LogP contribution in [-0.2, 0) is 41.5 Å². The molecule has 0 spiro atoms. The van der Waals surface area contributed by atoms with Gasteiger partial charge in [0.15, 0.2) is 0 Å². The first-order chi connectivity index (χ1) is 21.4. The lowest BCUT2D eigenvalue weighted by Gasteiger charge is -2.04. The molecule has 2 aliphatic heterocycles. The van der Waals surface area contributed by atoms with Crippen molar-refractivity contribution in [3.05, 3.63) is 72.3 Å². The van der Waals surface area contributed by atoms with E-state index in [2.05, 4.69) is 20.3 Å². The highest BCUT2D eigenvalue weighted by Crippen LogP contribution is 2.28. The van der Waals surface area contributed by atoms with E-state index >= 15 is 0 Å². The van der Waals surface area contributed by atoms with Crippen molar-refractivity contribution in [2.75, 3.05) is 14.2 Å². The maximum Gasteiger partial charge on any atom is 0.305 e. The van der Waals surface area contributed by atoms with Crippen LogP contribution in [0.15, 0.2) is 33.0 Å². The van der Waals surface area contributed by atoms with E-state index in [1.54, 1.807) is 6.92 Å². The lowest BCUT2D eigenvalue weighted by Crippen LogP contribution is -2.15. The third kappa shape index (κ3) is 6.84. The lowest BCUT2D eigenvalue weighted by atomic mass is 10.0. The first-order valence-electron chi connectivity index (χ1n) is 15.3. The van der Waals surface area contributed by atoms with E-state index < -0.39 is 0 Å². The van der Waals surface area contributed by atoms with Gasteiger partial charge in [-0.05, 0) is 105 Å². The number of hydrogen-bond donors (Lipinski definition) is 3. The van der Waals surface area contributed by atoms with Crippen molar-refractivity contribution in [1.29, 1.82) is 0 Å². The summed E-state index contributed by atoms with van der Waals surface area (Å²) in [5.41, 5.74) is 9.96. The van der Waals surface area contributed by atoms with Crippen LogP contribution in [0.25, 0.3) is 18.2 Å². The zero-order valence-corrected chi connectivity index (χ0v) is 27.4. The molecule has 2 aromatic heterocycles. The average Bonchev–Trinajstić information content (AvgIpc) is 3.67. The molecule has 0 unspecified atom stereocenters. The predicted molar refractivity (Wildman–Crippen MR) is 174 cm³/mol. The molecule has 0 fully saturated rings. The highest BCUT2D eigenvalue weighted by atomic mass is 16.5. The van der Waals surface area contributed by atoms with Crippen LogP contribution < -0.4 is 16.0 Å². The Kier molecular flexibility index (Phi) is 10.3. The van der Waals surface area contributed by atoms with E-state index in [0.717, 1.165) is 61.2 Å². The number of aromatic nitrogens is 2. The van der Waals surface area contributed by atoms with Crippen molar-refractivity contribution < 1.29 is 28.7 Å². The fourth-order valence-electron chi connectivity index (χ4n) is 5.98. The standard InChI is InChI=1S/C35H42N4O6/c1-9-22-20(5)34(42)38-28(22)15-26-18(3)24(11-13-32(40)44-7)30(36-26)17-31-25(12-14-33(41)45-8)19(4)27(37-31)16-29-23(10-2)21(6)35(43)39-29/h15-17,36-37H,9-14H2,1-8H3,(H,38,42)/b27-16-,28-15-,31-17+. The van der Waals surface area contributed by atoms with Crippen molar-refractivity contribution in [3.63, 3.8) is 0 Å². The third-order valence-corrected chi connectivity index (χ3v) is 8.75. The summed E-state index contributed by atoms with van der Waals surface area (Å²) in [4.78, 5) is 60.3. The van der Waals surface area contributed by atoms with Crippen molar-refractivity contribution in [3.8, 4) is 0 Å². The quantitative estimate of drug-likeness (QED) is 0.330. The van der Waals surface area contributed by atoms with Gasteiger partial charge in [0, 0.05) is 51.8 Å². The number of hydrogen-bond acceptors (Lipinski definition) is 6. The number of aromatic amines is 2. The molecule has 10 nitrogen and oxygen atoms in total. The van der Waals surface area contributed by atoms with Crippen LogP contribution in [0.2, 0.25) is 0 Å². The number of nitrogens with zero attached hydrogens (tertiary/aromatic N) is 1. The van der Waals surface area contributed by atoms with Gasteiger partial charge in [-0.15, -0.1) is 0 Å². The molecule has 2 amide bonds. The van der Waals surface area contributed by atoms with E-state index in [-0.39, 0.29) is 36.6 Å². The molecular weight excluding hydrogens is 572 g/mol. The van der Waals surface area contributed by atoms with Crippen LogP contribution in [0.1, 0.15) is 87.0 Å². The molecule has 0 bridgehead atoms. The summed E-state index contributed by atoms with van der Waals surface area (Å²) in [6.07, 6.45) is 8.45. The molecule has 10 heteroatoms. The Morgan fingerprint density at radius 2 is 1.36 bits per heavy atom. The molecule has 0 saturated heterocycles. The minimum Gasteiger partial charge on any atom is -0.469 e. The second-order valence-corrected chi connectivity index (χ2v) is 11.3. The number of ether oxygens (including phenoxy) is 2. The SMILES string of the molecule is CCC1=C(C)C(=O)N=C1/C=c1\[nH]/c(=C/c2[nH]c(/C=C3\NC(=O)C(C)=C3CC)c(C)c2CCC(=O)OC)c(CCC(=O)OC)c1C. The highest BCUT2D eigenvalue weighted by molar-refractivity contribution is 6.30. The minimum absolute atomic E-state index is 0.106. The fraction of sp³-hybridized carbons (Fsp3) is 0.400. The Hall–Kier alpha value is -4.73. The van der Waals surface area contributed by atoms with Gasteiger partial charge in [-0.2, -0.15) is 0 Å². The van der Waals surface area contributed by atoms with Gasteiger partial charge in [-0.3, -0.25) is 19.2 Å². The van der Waals surface area contributed by atoms with Crippen LogP contribution in [0.3, 0.4) is 0 Å². The van der Waals surface area contributed by atoms with E-state index in [1.807, 2.05) is 52.8 Å². The minimum atomic E-state index is -0.318. The molecule has 4 rings (SSSR count). The second-order valence-electron chi connectivity index (χ2n) is 11.3. The van der Waals surface area contributed by atoms with Gasteiger partial charge in [0.2, 0.25) is 0 Å². The van der Waals surface area contributed by atoms with Crippen LogP contribution in [0.5, 0.6) is 0 Å². The van der Waals surface area contributed by atoms with Crippen molar-refractivity contribution in [2.24, 2.45) is 4.99 Å². The van der Waals surface area contributed by atoms with Gasteiger partial charge >= 0.3 is 11.9 Å². The predicted octanol–water partition coefficient (Wildman–Crippen LogP) is 3.69. The molecule has 0 atom stereocenters. The summed E-state index contributed by atoms with van der Waals surface area (Å²) in [6.45, 7) is 11.6. The Balaban J connectivity index is 1.92. The molecule has 0 saturated carbocycles. The number of aliphatic imine (C=N–C) groups is 1. The summed E-state index contributed by atoms with van der Waals surface area (Å²) < 4.78 is 9.83. The van der Waals surface area contributed by atoms with Crippen LogP contribution in [0.4, 0.5) is 0 Å². The molecule has 45 heavy (non-hydrogen) atoms. The van der Waals surface area contributed by atoms with Crippen LogP contribution in [0, 0.1) is 13.8 Å². The van der Waals surface area contributed by atoms with Crippen molar-refractivity contribution in [1.82, 2.24) is 15.3 Å². The Bertz CT molecular complexity index is 1830. The van der Waals surface area contributed by atoms with Crippen LogP contribution in [-0.4, -0.2) is 53.7 Å². The number of carbonyl (C=O) groups excluding carboxylic acids is 4. The number of methoxy groups -OCH3 is 2. The molecule has 2 aliphatic rings. The topological polar surface area (TPSA) is 143 Å². The summed E-state index contributed by atoms with van der Waals surface area (Å²) in [6, 6.07) is 0. The summed E-state index contributed by atoms with van der Waals surface area (Å²) in [5.74, 6) is -0.967. The molecule has 0 radical (unpaired) electrons. The number of H-pyrrole nitrogens is 2.